The van der Waals surface area contributed by atoms with Crippen molar-refractivity contribution in [1.82, 2.24) is 15.1 Å². The molecule has 0 aliphatic rings. The van der Waals surface area contributed by atoms with Gasteiger partial charge in [-0.2, -0.15) is 5.10 Å². The van der Waals surface area contributed by atoms with Crippen LogP contribution in [0.2, 0.25) is 0 Å². The molecule has 0 aliphatic heterocycles. The van der Waals surface area contributed by atoms with Gasteiger partial charge in [-0.05, 0) is 43.6 Å². The van der Waals surface area contributed by atoms with E-state index in [-0.39, 0.29) is 18.3 Å². The maximum absolute atomic E-state index is 11.6. The molecule has 0 spiro atoms. The number of amides is 1. The van der Waals surface area contributed by atoms with E-state index in [1.54, 1.807) is 27.7 Å². The van der Waals surface area contributed by atoms with E-state index in [1.165, 1.54) is 10.7 Å². The monoisotopic (exact) mass is 347 g/mol. The van der Waals surface area contributed by atoms with Crippen molar-refractivity contribution in [3.8, 4) is 0 Å². The first-order valence-corrected chi connectivity index (χ1v) is 6.84. The fourth-order valence-electron chi connectivity index (χ4n) is 1.51. The molecule has 0 radical (unpaired) electrons. The Labute approximate surface area is 125 Å². The summed E-state index contributed by atoms with van der Waals surface area (Å²) in [6.07, 6.45) is -0.548. The largest absolute Gasteiger partial charge is 0.477 e. The van der Waals surface area contributed by atoms with Gasteiger partial charge in [0.05, 0.1) is 6.54 Å². The number of carboxylic acids is 1. The number of carbonyl (C=O) groups is 2. The molecule has 0 saturated carbocycles. The number of halogens is 1. The maximum atomic E-state index is 11.6. The molecule has 2 N–H and O–H groups in total. The third kappa shape index (κ3) is 5.20. The van der Waals surface area contributed by atoms with Crippen LogP contribution in [0.4, 0.5) is 4.79 Å². The van der Waals surface area contributed by atoms with Gasteiger partial charge >= 0.3 is 12.1 Å². The second-order valence-corrected chi connectivity index (χ2v) is 6.20. The highest BCUT2D eigenvalue weighted by Crippen LogP contribution is 2.12. The summed E-state index contributed by atoms with van der Waals surface area (Å²) in [5.74, 6) is -1.08. The second-order valence-electron chi connectivity index (χ2n) is 5.39. The van der Waals surface area contributed by atoms with E-state index in [9.17, 15) is 9.59 Å². The highest BCUT2D eigenvalue weighted by atomic mass is 79.9. The third-order valence-corrected chi connectivity index (χ3v) is 2.57. The predicted molar refractivity (Wildman–Crippen MR) is 75.7 cm³/mol. The lowest BCUT2D eigenvalue weighted by atomic mass is 10.2. The fraction of sp³-hybridized carbons (Fsp3) is 0.583. The molecule has 8 heteroatoms. The summed E-state index contributed by atoms with van der Waals surface area (Å²) in [5, 5.41) is 15.7. The Morgan fingerprint density at radius 3 is 2.65 bits per heavy atom. The van der Waals surface area contributed by atoms with E-state index in [0.29, 0.717) is 4.60 Å². The first-order valence-electron chi connectivity index (χ1n) is 6.04. The first kappa shape index (κ1) is 16.5. The van der Waals surface area contributed by atoms with Crippen molar-refractivity contribution in [3.63, 3.8) is 0 Å². The zero-order valence-corrected chi connectivity index (χ0v) is 13.4. The molecule has 1 heterocycles. The Morgan fingerprint density at radius 2 is 2.15 bits per heavy atom. The molecule has 1 rings (SSSR count). The van der Waals surface area contributed by atoms with Gasteiger partial charge in [0.1, 0.15) is 15.9 Å². The molecule has 112 valence electrons. The predicted octanol–water partition coefficient (Wildman–Crippen LogP) is 2.26. The van der Waals surface area contributed by atoms with E-state index < -0.39 is 17.7 Å². The van der Waals surface area contributed by atoms with E-state index >= 15 is 0 Å². The van der Waals surface area contributed by atoms with Crippen molar-refractivity contribution in [3.05, 3.63) is 16.4 Å². The van der Waals surface area contributed by atoms with E-state index in [0.717, 1.165) is 0 Å². The molecular formula is C12H18BrN3O4. The number of aromatic carboxylic acids is 1. The number of hydrogen-bond donors (Lipinski definition) is 2. The van der Waals surface area contributed by atoms with Crippen molar-refractivity contribution in [2.75, 3.05) is 0 Å². The van der Waals surface area contributed by atoms with Crippen LogP contribution in [0.5, 0.6) is 0 Å². The molecule has 1 aromatic rings. The highest BCUT2D eigenvalue weighted by molar-refractivity contribution is 9.10. The molecule has 1 aromatic heterocycles. The van der Waals surface area contributed by atoms with Crippen LogP contribution in [-0.2, 0) is 11.3 Å². The Bertz CT molecular complexity index is 507. The molecule has 0 saturated heterocycles. The van der Waals surface area contributed by atoms with Crippen molar-refractivity contribution in [2.45, 2.75) is 45.9 Å². The highest BCUT2D eigenvalue weighted by Gasteiger charge is 2.19. The number of hydrogen-bond acceptors (Lipinski definition) is 4. The normalized spacial score (nSPS) is 12.8. The van der Waals surface area contributed by atoms with Crippen LogP contribution < -0.4 is 5.32 Å². The van der Waals surface area contributed by atoms with Gasteiger partial charge in [-0.15, -0.1) is 0 Å². The molecule has 0 unspecified atom stereocenters. The number of nitrogens with zero attached hydrogens (tertiary/aromatic N) is 2. The summed E-state index contributed by atoms with van der Waals surface area (Å²) >= 11 is 3.12. The fourth-order valence-corrected chi connectivity index (χ4v) is 1.92. The van der Waals surface area contributed by atoms with E-state index in [2.05, 4.69) is 26.3 Å². The van der Waals surface area contributed by atoms with Crippen molar-refractivity contribution >= 4 is 28.0 Å². The molecule has 0 fully saturated rings. The maximum Gasteiger partial charge on any atom is 0.407 e. The quantitative estimate of drug-likeness (QED) is 0.871. The molecular weight excluding hydrogens is 330 g/mol. The average molecular weight is 348 g/mol. The van der Waals surface area contributed by atoms with Crippen LogP contribution in [0.3, 0.4) is 0 Å². The first-order chi connectivity index (χ1) is 9.08. The molecule has 7 nitrogen and oxygen atoms in total. The van der Waals surface area contributed by atoms with Crippen LogP contribution in [0.25, 0.3) is 0 Å². The Balaban J connectivity index is 2.65. The lowest BCUT2D eigenvalue weighted by Gasteiger charge is -2.22. The third-order valence-electron chi connectivity index (χ3n) is 2.18. The summed E-state index contributed by atoms with van der Waals surface area (Å²) in [6.45, 7) is 7.27. The van der Waals surface area contributed by atoms with Gasteiger partial charge in [0.25, 0.3) is 0 Å². The van der Waals surface area contributed by atoms with Gasteiger partial charge in [0, 0.05) is 12.1 Å². The summed E-state index contributed by atoms with van der Waals surface area (Å²) in [5.41, 5.74) is -0.528. The zero-order chi connectivity index (χ0) is 15.5. The van der Waals surface area contributed by atoms with Crippen molar-refractivity contribution in [2.24, 2.45) is 0 Å². The zero-order valence-electron chi connectivity index (χ0n) is 11.8. The minimum absolute atomic E-state index is 0.0507. The van der Waals surface area contributed by atoms with Gasteiger partial charge < -0.3 is 15.2 Å². The Hall–Kier alpha value is -1.57. The summed E-state index contributed by atoms with van der Waals surface area (Å²) in [7, 11) is 0. The SMILES string of the molecule is C[C@H](Cn1nc(Br)cc1C(=O)O)NC(=O)OC(C)(C)C. The molecule has 0 aliphatic carbocycles. The number of carbonyl (C=O) groups excluding carboxylic acids is 1. The number of aromatic nitrogens is 2. The summed E-state index contributed by atoms with van der Waals surface area (Å²) < 4.78 is 6.87. The van der Waals surface area contributed by atoms with Gasteiger partial charge in [0.15, 0.2) is 0 Å². The van der Waals surface area contributed by atoms with Crippen molar-refractivity contribution < 1.29 is 19.4 Å². The van der Waals surface area contributed by atoms with Gasteiger partial charge in [-0.3, -0.25) is 4.68 Å². The summed E-state index contributed by atoms with van der Waals surface area (Å²) in [4.78, 5) is 22.6. The molecule has 20 heavy (non-hydrogen) atoms. The average Bonchev–Trinajstić information content (AvgIpc) is 2.55. The van der Waals surface area contributed by atoms with E-state index in [4.69, 9.17) is 9.84 Å². The van der Waals surface area contributed by atoms with Crippen LogP contribution in [0.1, 0.15) is 38.2 Å². The van der Waals surface area contributed by atoms with Crippen molar-refractivity contribution in [1.29, 1.82) is 0 Å². The van der Waals surface area contributed by atoms with Crippen LogP contribution >= 0.6 is 15.9 Å². The topological polar surface area (TPSA) is 93.5 Å². The van der Waals surface area contributed by atoms with E-state index in [1.807, 2.05) is 0 Å². The lowest BCUT2D eigenvalue weighted by molar-refractivity contribution is 0.0503. The smallest absolute Gasteiger partial charge is 0.407 e. The van der Waals surface area contributed by atoms with Gasteiger partial charge in [-0.1, -0.05) is 0 Å². The molecule has 0 bridgehead atoms. The number of alkyl carbamates (subject to hydrolysis) is 1. The number of rotatable bonds is 4. The molecule has 1 atom stereocenters. The minimum atomic E-state index is -1.08. The minimum Gasteiger partial charge on any atom is -0.477 e. The molecule has 1 amide bonds. The van der Waals surface area contributed by atoms with Gasteiger partial charge in [-0.25, -0.2) is 9.59 Å². The van der Waals surface area contributed by atoms with Crippen LogP contribution in [0.15, 0.2) is 10.7 Å². The van der Waals surface area contributed by atoms with Crippen LogP contribution in [0, 0.1) is 0 Å². The Kier molecular flexibility index (Phi) is 5.15. The lowest BCUT2D eigenvalue weighted by Crippen LogP contribution is -2.40. The standard InChI is InChI=1S/C12H18BrN3O4/c1-7(14-11(19)20-12(2,3)4)6-16-8(10(17)18)5-9(13)15-16/h5,7H,6H2,1-4H3,(H,14,19)(H,17,18)/t7-/m1/s1. The van der Waals surface area contributed by atoms with Crippen LogP contribution in [-0.4, -0.2) is 38.6 Å². The number of ether oxygens (including phenoxy) is 1. The molecule has 0 aromatic carbocycles. The number of nitrogens with one attached hydrogen (secondary N) is 1. The summed E-state index contributed by atoms with van der Waals surface area (Å²) in [6, 6.07) is 1.08. The second kappa shape index (κ2) is 6.25. The Morgan fingerprint density at radius 1 is 1.55 bits per heavy atom. The number of carboxylic acid groups (broad SMARTS) is 1. The van der Waals surface area contributed by atoms with Gasteiger partial charge in [0.2, 0.25) is 0 Å².